The van der Waals surface area contributed by atoms with Gasteiger partial charge in [0.25, 0.3) is 0 Å². The van der Waals surface area contributed by atoms with Crippen molar-refractivity contribution in [3.05, 3.63) is 113 Å². The number of likely N-dealkylation sites (tertiary alicyclic amines) is 1. The van der Waals surface area contributed by atoms with Crippen molar-refractivity contribution in [1.82, 2.24) is 4.90 Å². The summed E-state index contributed by atoms with van der Waals surface area (Å²) >= 11 is 0. The van der Waals surface area contributed by atoms with Gasteiger partial charge in [0.2, 0.25) is 0 Å². The molecule has 6 nitrogen and oxygen atoms in total. The number of benzene rings is 3. The minimum atomic E-state index is -0.329. The summed E-state index contributed by atoms with van der Waals surface area (Å²) in [5, 5.41) is 3.69. The van der Waals surface area contributed by atoms with Gasteiger partial charge in [-0.25, -0.2) is 9.59 Å². The molecule has 212 valence electrons. The van der Waals surface area contributed by atoms with Crippen LogP contribution >= 0.6 is 0 Å². The summed E-state index contributed by atoms with van der Waals surface area (Å²) in [6, 6.07) is 28.5. The third kappa shape index (κ3) is 4.64. The first-order valence-corrected chi connectivity index (χ1v) is 14.7. The van der Waals surface area contributed by atoms with Gasteiger partial charge in [-0.05, 0) is 66.8 Å². The van der Waals surface area contributed by atoms with Crippen LogP contribution in [-0.4, -0.2) is 43.1 Å². The smallest absolute Gasteiger partial charge is 0.338 e. The molecule has 2 heterocycles. The molecule has 0 unspecified atom stereocenters. The number of anilines is 1. The molecule has 41 heavy (non-hydrogen) atoms. The molecule has 0 amide bonds. The minimum absolute atomic E-state index is 0.171. The average Bonchev–Trinajstić information content (AvgIpc) is 3.57. The Balaban J connectivity index is 1.38. The molecular formula is C35H38N2O4. The highest BCUT2D eigenvalue weighted by Crippen LogP contribution is 2.64. The molecule has 6 rings (SSSR count). The van der Waals surface area contributed by atoms with E-state index in [0.29, 0.717) is 18.6 Å². The van der Waals surface area contributed by atoms with Crippen molar-refractivity contribution in [1.29, 1.82) is 0 Å². The second-order valence-electron chi connectivity index (χ2n) is 11.6. The third-order valence-electron chi connectivity index (χ3n) is 9.58. The quantitative estimate of drug-likeness (QED) is 0.243. The van der Waals surface area contributed by atoms with Gasteiger partial charge in [0, 0.05) is 30.5 Å². The van der Waals surface area contributed by atoms with Gasteiger partial charge in [0.05, 0.1) is 30.3 Å². The van der Waals surface area contributed by atoms with Gasteiger partial charge in [-0.2, -0.15) is 0 Å². The molecule has 1 saturated heterocycles. The average molecular weight is 551 g/mol. The van der Waals surface area contributed by atoms with Gasteiger partial charge in [-0.1, -0.05) is 73.7 Å². The van der Waals surface area contributed by atoms with Crippen LogP contribution in [0.2, 0.25) is 0 Å². The number of nitrogens with one attached hydrogen (secondary N) is 1. The van der Waals surface area contributed by atoms with Crippen molar-refractivity contribution >= 4 is 17.6 Å². The molecule has 6 heteroatoms. The van der Waals surface area contributed by atoms with Crippen molar-refractivity contribution in [3.8, 4) is 0 Å². The van der Waals surface area contributed by atoms with Gasteiger partial charge >= 0.3 is 11.9 Å². The molecule has 0 bridgehead atoms. The monoisotopic (exact) mass is 550 g/mol. The van der Waals surface area contributed by atoms with Crippen molar-refractivity contribution in [3.63, 3.8) is 0 Å². The Kier molecular flexibility index (Phi) is 7.43. The van der Waals surface area contributed by atoms with Crippen molar-refractivity contribution in [2.24, 2.45) is 5.41 Å². The topological polar surface area (TPSA) is 67.9 Å². The van der Waals surface area contributed by atoms with Gasteiger partial charge in [0.1, 0.15) is 0 Å². The lowest BCUT2D eigenvalue weighted by Gasteiger charge is -2.53. The van der Waals surface area contributed by atoms with Crippen molar-refractivity contribution in [2.75, 3.05) is 25.6 Å². The largest absolute Gasteiger partial charge is 0.466 e. The number of carbonyl (C=O) groups is 2. The Morgan fingerprint density at radius 2 is 1.66 bits per heavy atom. The lowest BCUT2D eigenvalue weighted by atomic mass is 9.54. The summed E-state index contributed by atoms with van der Waals surface area (Å²) < 4.78 is 11.1. The van der Waals surface area contributed by atoms with Gasteiger partial charge < -0.3 is 14.8 Å². The van der Waals surface area contributed by atoms with Crippen LogP contribution in [0, 0.1) is 5.41 Å². The summed E-state index contributed by atoms with van der Waals surface area (Å²) in [6.07, 6.45) is 4.00. The van der Waals surface area contributed by atoms with Gasteiger partial charge in [0.15, 0.2) is 0 Å². The highest BCUT2D eigenvalue weighted by atomic mass is 16.5. The normalized spacial score (nSPS) is 24.7. The number of hydrogen-bond acceptors (Lipinski definition) is 6. The molecule has 0 radical (unpaired) electrons. The Bertz CT molecular complexity index is 1450. The molecule has 3 aromatic carbocycles. The van der Waals surface area contributed by atoms with Crippen molar-refractivity contribution < 1.29 is 19.1 Å². The van der Waals surface area contributed by atoms with E-state index >= 15 is 0 Å². The van der Waals surface area contributed by atoms with E-state index in [1.807, 2.05) is 18.2 Å². The Morgan fingerprint density at radius 1 is 0.951 bits per heavy atom. The van der Waals surface area contributed by atoms with E-state index in [1.165, 1.54) is 18.2 Å². The van der Waals surface area contributed by atoms with Crippen LogP contribution in [0.3, 0.4) is 0 Å². The molecular weight excluding hydrogens is 512 g/mol. The number of carbonyl (C=O) groups excluding carboxylic acids is 2. The number of ether oxygens (including phenoxy) is 2. The second kappa shape index (κ2) is 11.2. The van der Waals surface area contributed by atoms with E-state index < -0.39 is 0 Å². The van der Waals surface area contributed by atoms with E-state index in [-0.39, 0.29) is 28.8 Å². The minimum Gasteiger partial charge on any atom is -0.466 e. The first-order chi connectivity index (χ1) is 20.0. The van der Waals surface area contributed by atoms with Crippen LogP contribution in [0.15, 0.2) is 96.2 Å². The number of hydrogen-bond donors (Lipinski definition) is 1. The lowest BCUT2D eigenvalue weighted by Crippen LogP contribution is -2.57. The van der Waals surface area contributed by atoms with E-state index in [2.05, 4.69) is 71.7 Å². The van der Waals surface area contributed by atoms with Gasteiger partial charge in [-0.15, -0.1) is 0 Å². The molecule has 1 fully saturated rings. The van der Waals surface area contributed by atoms with Crippen LogP contribution in [-0.2, 0) is 26.2 Å². The first-order valence-electron chi connectivity index (χ1n) is 14.7. The number of esters is 2. The molecule has 1 aliphatic carbocycles. The van der Waals surface area contributed by atoms with Crippen LogP contribution in [0.1, 0.15) is 60.5 Å². The number of fused-ring (bicyclic) bond motifs is 1. The van der Waals surface area contributed by atoms with E-state index in [0.717, 1.165) is 55.7 Å². The zero-order valence-electron chi connectivity index (χ0n) is 23.9. The highest BCUT2D eigenvalue weighted by Gasteiger charge is 2.65. The maximum absolute atomic E-state index is 13.4. The Labute approximate surface area is 242 Å². The number of nitrogens with zero attached hydrogens (tertiary/aromatic N) is 1. The predicted octanol–water partition coefficient (Wildman–Crippen LogP) is 6.49. The predicted molar refractivity (Wildman–Crippen MR) is 159 cm³/mol. The molecule has 3 aromatic rings. The van der Waals surface area contributed by atoms with E-state index in [1.54, 1.807) is 12.1 Å². The van der Waals surface area contributed by atoms with Crippen LogP contribution in [0.25, 0.3) is 0 Å². The van der Waals surface area contributed by atoms with Crippen LogP contribution in [0.5, 0.6) is 0 Å². The summed E-state index contributed by atoms with van der Waals surface area (Å²) in [4.78, 5) is 28.7. The fraction of sp³-hybridized carbons (Fsp3) is 0.371. The number of methoxy groups -OCH3 is 1. The second-order valence-corrected chi connectivity index (χ2v) is 11.6. The maximum atomic E-state index is 13.4. The Hall–Kier alpha value is -3.90. The zero-order chi connectivity index (χ0) is 28.5. The molecule has 0 saturated carbocycles. The molecule has 2 aliphatic heterocycles. The lowest BCUT2D eigenvalue weighted by molar-refractivity contribution is -0.137. The summed E-state index contributed by atoms with van der Waals surface area (Å²) in [7, 11) is 1.48. The van der Waals surface area contributed by atoms with Gasteiger partial charge in [-0.3, -0.25) is 4.90 Å². The highest BCUT2D eigenvalue weighted by molar-refractivity contribution is 5.93. The fourth-order valence-electron chi connectivity index (χ4n) is 7.85. The molecule has 0 aromatic heterocycles. The standard InChI is InChI=1S/C35H38N2O4/c1-3-34(19-12-22-41-31(38)26-15-8-5-9-16-26)23-27(32(39)40-2)30-35(28-17-10-11-18-29(28)36-30)20-21-37(33(34)35)24-25-13-6-4-7-14-25/h4-11,13-18,33,36H,3,12,19-24H2,1-2H3/t33-,34+,35-/m0/s1. The third-order valence-corrected chi connectivity index (χ3v) is 9.58. The summed E-state index contributed by atoms with van der Waals surface area (Å²) in [5.41, 5.74) is 5.43. The molecule has 3 aliphatic rings. The van der Waals surface area contributed by atoms with Crippen molar-refractivity contribution in [2.45, 2.75) is 57.0 Å². The maximum Gasteiger partial charge on any atom is 0.338 e. The fourth-order valence-corrected chi connectivity index (χ4v) is 7.85. The SMILES string of the molecule is CC[C@@]1(CCCOC(=O)c2ccccc2)CC(C(=O)OC)=C2Nc3ccccc3[C@@]23CCN(Cc2ccccc2)[C@@H]13. The molecule has 1 N–H and O–H groups in total. The Morgan fingerprint density at radius 3 is 2.39 bits per heavy atom. The number of para-hydroxylation sites is 1. The van der Waals surface area contributed by atoms with Crippen LogP contribution in [0.4, 0.5) is 5.69 Å². The summed E-state index contributed by atoms with van der Waals surface area (Å²) in [5.74, 6) is -0.554. The first kappa shape index (κ1) is 27.3. The summed E-state index contributed by atoms with van der Waals surface area (Å²) in [6.45, 7) is 4.36. The number of rotatable bonds is 9. The van der Waals surface area contributed by atoms with E-state index in [9.17, 15) is 9.59 Å². The molecule has 3 atom stereocenters. The van der Waals surface area contributed by atoms with E-state index in [4.69, 9.17) is 9.47 Å². The molecule has 1 spiro atoms. The zero-order valence-corrected chi connectivity index (χ0v) is 23.9. The van der Waals surface area contributed by atoms with Crippen LogP contribution < -0.4 is 5.32 Å².